The van der Waals surface area contributed by atoms with Crippen LogP contribution in [0.15, 0.2) is 61.1 Å². The van der Waals surface area contributed by atoms with E-state index in [1.54, 1.807) is 24.7 Å². The van der Waals surface area contributed by atoms with E-state index >= 15 is 0 Å². The van der Waals surface area contributed by atoms with Gasteiger partial charge in [0, 0.05) is 17.6 Å². The Morgan fingerprint density at radius 2 is 1.83 bits per heavy atom. The number of hydrogen-bond donors (Lipinski definition) is 1. The number of carbonyl (C=O) groups excluding carboxylic acids is 1. The molecule has 1 heterocycles. The lowest BCUT2D eigenvalue weighted by molar-refractivity contribution is 0.102. The molecule has 0 spiro atoms. The Morgan fingerprint density at radius 3 is 2.50 bits per heavy atom. The average molecular weight is 321 g/mol. The molecule has 0 saturated carbocycles. The zero-order valence-electron chi connectivity index (χ0n) is 13.7. The number of nitrogens with one attached hydrogen (secondary N) is 1. The molecule has 1 N–H and O–H groups in total. The summed E-state index contributed by atoms with van der Waals surface area (Å²) in [7, 11) is 0. The molecule has 122 valence electrons. The molecule has 0 aliphatic rings. The van der Waals surface area contributed by atoms with Crippen LogP contribution in [-0.2, 0) is 0 Å². The number of aromatic nitrogens is 2. The maximum absolute atomic E-state index is 12.3. The van der Waals surface area contributed by atoms with Crippen LogP contribution in [0, 0.1) is 6.92 Å². The van der Waals surface area contributed by atoms with Crippen molar-refractivity contribution < 1.29 is 9.53 Å². The molecule has 0 saturated heterocycles. The summed E-state index contributed by atoms with van der Waals surface area (Å²) >= 11 is 0. The molecule has 0 unspecified atom stereocenters. The van der Waals surface area contributed by atoms with Crippen LogP contribution < -0.4 is 10.1 Å². The molecule has 5 nitrogen and oxygen atoms in total. The van der Waals surface area contributed by atoms with Gasteiger partial charge < -0.3 is 14.6 Å². The average Bonchev–Trinajstić information content (AvgIpc) is 3.08. The van der Waals surface area contributed by atoms with Gasteiger partial charge in [0.2, 0.25) is 0 Å². The van der Waals surface area contributed by atoms with Gasteiger partial charge in [-0.2, -0.15) is 0 Å². The normalized spacial score (nSPS) is 10.4. The fourth-order valence-electron chi connectivity index (χ4n) is 2.29. The van der Waals surface area contributed by atoms with Crippen LogP contribution in [0.3, 0.4) is 0 Å². The van der Waals surface area contributed by atoms with E-state index < -0.39 is 0 Å². The highest BCUT2D eigenvalue weighted by molar-refractivity contribution is 6.02. The van der Waals surface area contributed by atoms with Gasteiger partial charge in [0.15, 0.2) is 0 Å². The Morgan fingerprint density at radius 1 is 1.12 bits per heavy atom. The first-order valence-corrected chi connectivity index (χ1v) is 7.81. The number of carbonyl (C=O) groups is 1. The largest absolute Gasteiger partial charge is 0.494 e. The van der Waals surface area contributed by atoms with Crippen LogP contribution in [0.2, 0.25) is 0 Å². The third-order valence-corrected chi connectivity index (χ3v) is 3.57. The third kappa shape index (κ3) is 3.63. The van der Waals surface area contributed by atoms with Crippen LogP contribution in [0.5, 0.6) is 5.75 Å². The Bertz CT molecular complexity index is 821. The van der Waals surface area contributed by atoms with Gasteiger partial charge in [0.25, 0.3) is 5.91 Å². The van der Waals surface area contributed by atoms with E-state index in [0.29, 0.717) is 18.0 Å². The number of aryl methyl sites for hydroxylation is 1. The lowest BCUT2D eigenvalue weighted by Crippen LogP contribution is -2.12. The minimum absolute atomic E-state index is 0.245. The first kappa shape index (κ1) is 15.8. The van der Waals surface area contributed by atoms with Crippen molar-refractivity contribution in [2.75, 3.05) is 11.9 Å². The highest BCUT2D eigenvalue weighted by atomic mass is 16.5. The summed E-state index contributed by atoms with van der Waals surface area (Å²) < 4.78 is 7.21. The van der Waals surface area contributed by atoms with E-state index in [1.165, 1.54) is 5.56 Å². The standard InChI is InChI=1S/C19H19N3O2/c1-3-24-17-10-6-15(7-11-17)21-19(23)18-12-22(13-20-18)16-8-4-14(2)5-9-16/h4-13H,3H2,1-2H3,(H,21,23). The molecule has 24 heavy (non-hydrogen) atoms. The van der Waals surface area contributed by atoms with Gasteiger partial charge in [0.05, 0.1) is 6.61 Å². The third-order valence-electron chi connectivity index (χ3n) is 3.57. The Labute approximate surface area is 140 Å². The molecular formula is C19H19N3O2. The molecule has 5 heteroatoms. The number of amides is 1. The lowest BCUT2D eigenvalue weighted by Gasteiger charge is -2.06. The van der Waals surface area contributed by atoms with E-state index in [2.05, 4.69) is 10.3 Å². The molecule has 0 radical (unpaired) electrons. The van der Waals surface area contributed by atoms with Gasteiger partial charge in [-0.15, -0.1) is 0 Å². The van der Waals surface area contributed by atoms with Crippen molar-refractivity contribution in [3.8, 4) is 11.4 Å². The number of anilines is 1. The molecule has 1 amide bonds. The van der Waals surface area contributed by atoms with Crippen molar-refractivity contribution in [1.29, 1.82) is 0 Å². The molecule has 1 aromatic heterocycles. The van der Waals surface area contributed by atoms with Crippen molar-refractivity contribution in [2.45, 2.75) is 13.8 Å². The van der Waals surface area contributed by atoms with Gasteiger partial charge >= 0.3 is 0 Å². The van der Waals surface area contributed by atoms with Crippen LogP contribution >= 0.6 is 0 Å². The monoisotopic (exact) mass is 321 g/mol. The summed E-state index contributed by atoms with van der Waals surface area (Å²) in [4.78, 5) is 16.5. The summed E-state index contributed by atoms with van der Waals surface area (Å²) in [5.41, 5.74) is 3.22. The van der Waals surface area contributed by atoms with Crippen molar-refractivity contribution in [1.82, 2.24) is 9.55 Å². The number of hydrogen-bond acceptors (Lipinski definition) is 3. The minimum Gasteiger partial charge on any atom is -0.494 e. The SMILES string of the molecule is CCOc1ccc(NC(=O)c2cn(-c3ccc(C)cc3)cn2)cc1. The molecule has 3 rings (SSSR count). The van der Waals surface area contributed by atoms with Crippen LogP contribution in [-0.4, -0.2) is 22.1 Å². The highest BCUT2D eigenvalue weighted by Crippen LogP contribution is 2.16. The van der Waals surface area contributed by atoms with Crippen molar-refractivity contribution in [2.24, 2.45) is 0 Å². The topological polar surface area (TPSA) is 56.1 Å². The van der Waals surface area contributed by atoms with Gasteiger partial charge in [-0.3, -0.25) is 4.79 Å². The summed E-state index contributed by atoms with van der Waals surface area (Å²) in [6, 6.07) is 15.3. The van der Waals surface area contributed by atoms with Crippen LogP contribution in [0.1, 0.15) is 23.0 Å². The molecule has 0 aliphatic carbocycles. The van der Waals surface area contributed by atoms with E-state index in [9.17, 15) is 4.79 Å². The predicted molar refractivity (Wildman–Crippen MR) is 93.9 cm³/mol. The second-order valence-electron chi connectivity index (χ2n) is 5.41. The molecule has 3 aromatic rings. The second kappa shape index (κ2) is 7.00. The first-order valence-electron chi connectivity index (χ1n) is 7.81. The van der Waals surface area contributed by atoms with E-state index in [-0.39, 0.29) is 5.91 Å². The molecule has 0 atom stereocenters. The fraction of sp³-hybridized carbons (Fsp3) is 0.158. The number of benzene rings is 2. The Hall–Kier alpha value is -3.08. The zero-order valence-corrected chi connectivity index (χ0v) is 13.7. The fourth-order valence-corrected chi connectivity index (χ4v) is 2.29. The van der Waals surface area contributed by atoms with Gasteiger partial charge in [-0.25, -0.2) is 4.98 Å². The van der Waals surface area contributed by atoms with Crippen molar-refractivity contribution in [3.63, 3.8) is 0 Å². The van der Waals surface area contributed by atoms with Gasteiger partial charge in [-0.05, 0) is 50.2 Å². The van der Waals surface area contributed by atoms with E-state index in [1.807, 2.05) is 54.8 Å². The lowest BCUT2D eigenvalue weighted by atomic mass is 10.2. The maximum Gasteiger partial charge on any atom is 0.275 e. The summed E-state index contributed by atoms with van der Waals surface area (Å²) in [5.74, 6) is 0.532. The van der Waals surface area contributed by atoms with Crippen LogP contribution in [0.25, 0.3) is 5.69 Å². The molecule has 0 fully saturated rings. The second-order valence-corrected chi connectivity index (χ2v) is 5.41. The first-order chi connectivity index (χ1) is 11.7. The van der Waals surface area contributed by atoms with Crippen molar-refractivity contribution >= 4 is 11.6 Å². The van der Waals surface area contributed by atoms with Crippen molar-refractivity contribution in [3.05, 3.63) is 72.3 Å². The Balaban J connectivity index is 1.70. The number of nitrogens with zero attached hydrogens (tertiary/aromatic N) is 2. The molecular weight excluding hydrogens is 302 g/mol. The smallest absolute Gasteiger partial charge is 0.275 e. The highest BCUT2D eigenvalue weighted by Gasteiger charge is 2.10. The van der Waals surface area contributed by atoms with E-state index in [0.717, 1.165) is 11.4 Å². The Kier molecular flexibility index (Phi) is 4.61. The van der Waals surface area contributed by atoms with Crippen LogP contribution in [0.4, 0.5) is 5.69 Å². The molecule has 2 aromatic carbocycles. The number of ether oxygens (including phenoxy) is 1. The summed E-state index contributed by atoms with van der Waals surface area (Å²) in [5, 5.41) is 2.83. The summed E-state index contributed by atoms with van der Waals surface area (Å²) in [6.45, 7) is 4.58. The maximum atomic E-state index is 12.3. The van der Waals surface area contributed by atoms with E-state index in [4.69, 9.17) is 4.74 Å². The number of imidazole rings is 1. The molecule has 0 bridgehead atoms. The predicted octanol–water partition coefficient (Wildman–Crippen LogP) is 3.83. The molecule has 0 aliphatic heterocycles. The zero-order chi connectivity index (χ0) is 16.9. The quantitative estimate of drug-likeness (QED) is 0.777. The minimum atomic E-state index is -0.245. The van der Waals surface area contributed by atoms with Gasteiger partial charge in [-0.1, -0.05) is 17.7 Å². The summed E-state index contributed by atoms with van der Waals surface area (Å²) in [6.07, 6.45) is 3.35. The number of rotatable bonds is 5. The van der Waals surface area contributed by atoms with Gasteiger partial charge in [0.1, 0.15) is 17.8 Å².